The lowest BCUT2D eigenvalue weighted by atomic mass is 10.1. The minimum atomic E-state index is 0.399. The average Bonchev–Trinajstić information content (AvgIpc) is 2.46. The molecule has 2 aromatic carbocycles. The fourth-order valence-electron chi connectivity index (χ4n) is 2.27. The summed E-state index contributed by atoms with van der Waals surface area (Å²) in [5.41, 5.74) is 5.58. The highest BCUT2D eigenvalue weighted by Crippen LogP contribution is 2.28. The maximum Gasteiger partial charge on any atom is 0.0289 e. The molecular formula is C18H23NS. The Bertz CT molecular complexity index is 557. The summed E-state index contributed by atoms with van der Waals surface area (Å²) in [7, 11) is 2.00. The van der Waals surface area contributed by atoms with E-state index in [4.69, 9.17) is 0 Å². The molecule has 0 spiro atoms. The smallest absolute Gasteiger partial charge is 0.0289 e. The van der Waals surface area contributed by atoms with Crippen molar-refractivity contribution in [1.82, 2.24) is 5.32 Å². The van der Waals surface area contributed by atoms with Crippen molar-refractivity contribution in [3.63, 3.8) is 0 Å². The van der Waals surface area contributed by atoms with E-state index in [0.29, 0.717) is 6.04 Å². The van der Waals surface area contributed by atoms with Crippen molar-refractivity contribution < 1.29 is 0 Å². The molecule has 0 aromatic heterocycles. The molecule has 1 nitrogen and oxygen atoms in total. The summed E-state index contributed by atoms with van der Waals surface area (Å²) in [6, 6.07) is 15.7. The first kappa shape index (κ1) is 15.1. The largest absolute Gasteiger partial charge is 0.313 e. The van der Waals surface area contributed by atoms with Crippen LogP contribution < -0.4 is 5.32 Å². The third-order valence-electron chi connectivity index (χ3n) is 3.82. The molecule has 1 N–H and O–H groups in total. The fraction of sp³-hybridized carbons (Fsp3) is 0.333. The van der Waals surface area contributed by atoms with E-state index in [1.807, 2.05) is 18.8 Å². The maximum atomic E-state index is 3.29. The lowest BCUT2D eigenvalue weighted by Gasteiger charge is -2.13. The molecule has 0 saturated carbocycles. The second kappa shape index (κ2) is 6.96. The molecule has 0 saturated heterocycles. The molecule has 20 heavy (non-hydrogen) atoms. The molecule has 1 atom stereocenters. The van der Waals surface area contributed by atoms with Gasteiger partial charge in [-0.05, 0) is 62.2 Å². The van der Waals surface area contributed by atoms with Crippen LogP contribution >= 0.6 is 11.8 Å². The van der Waals surface area contributed by atoms with Crippen LogP contribution in [0.2, 0.25) is 0 Å². The summed E-state index contributed by atoms with van der Waals surface area (Å²) in [5.74, 6) is 1.04. The van der Waals surface area contributed by atoms with Gasteiger partial charge in [0.15, 0.2) is 0 Å². The van der Waals surface area contributed by atoms with Gasteiger partial charge in [-0.25, -0.2) is 0 Å². The Hall–Kier alpha value is -1.25. The van der Waals surface area contributed by atoms with Gasteiger partial charge in [0, 0.05) is 16.7 Å². The van der Waals surface area contributed by atoms with Gasteiger partial charge >= 0.3 is 0 Å². The van der Waals surface area contributed by atoms with Crippen molar-refractivity contribution in [2.24, 2.45) is 0 Å². The van der Waals surface area contributed by atoms with Crippen LogP contribution in [0.15, 0.2) is 47.4 Å². The van der Waals surface area contributed by atoms with E-state index in [1.54, 1.807) is 0 Å². The summed E-state index contributed by atoms with van der Waals surface area (Å²) in [6.45, 7) is 6.58. The number of hydrogen-bond donors (Lipinski definition) is 1. The van der Waals surface area contributed by atoms with Gasteiger partial charge in [-0.3, -0.25) is 0 Å². The minimum absolute atomic E-state index is 0.399. The summed E-state index contributed by atoms with van der Waals surface area (Å²) < 4.78 is 0. The topological polar surface area (TPSA) is 12.0 Å². The Kier molecular flexibility index (Phi) is 5.27. The van der Waals surface area contributed by atoms with Gasteiger partial charge in [0.05, 0.1) is 0 Å². The zero-order valence-corrected chi connectivity index (χ0v) is 13.6. The van der Waals surface area contributed by atoms with Gasteiger partial charge in [-0.1, -0.05) is 30.3 Å². The fourth-order valence-corrected chi connectivity index (χ4v) is 3.43. The highest BCUT2D eigenvalue weighted by Gasteiger charge is 2.06. The van der Waals surface area contributed by atoms with Gasteiger partial charge < -0.3 is 5.32 Å². The molecule has 0 amide bonds. The van der Waals surface area contributed by atoms with Crippen molar-refractivity contribution in [1.29, 1.82) is 0 Å². The molecule has 0 radical (unpaired) electrons. The number of hydrogen-bond acceptors (Lipinski definition) is 2. The molecule has 1 unspecified atom stereocenters. The molecule has 0 aliphatic rings. The molecule has 0 aliphatic heterocycles. The van der Waals surface area contributed by atoms with Crippen LogP contribution in [0.4, 0.5) is 0 Å². The second-order valence-corrected chi connectivity index (χ2v) is 6.29. The Balaban J connectivity index is 2.11. The highest BCUT2D eigenvalue weighted by molar-refractivity contribution is 7.98. The van der Waals surface area contributed by atoms with Gasteiger partial charge in [-0.2, -0.15) is 0 Å². The zero-order valence-electron chi connectivity index (χ0n) is 12.7. The molecule has 2 rings (SSSR count). The van der Waals surface area contributed by atoms with Gasteiger partial charge in [0.1, 0.15) is 0 Å². The predicted octanol–water partition coefficient (Wildman–Crippen LogP) is 4.88. The van der Waals surface area contributed by atoms with Crippen molar-refractivity contribution in [3.05, 3.63) is 64.7 Å². The maximum absolute atomic E-state index is 3.29. The van der Waals surface area contributed by atoms with E-state index in [0.717, 1.165) is 5.75 Å². The van der Waals surface area contributed by atoms with E-state index in [9.17, 15) is 0 Å². The van der Waals surface area contributed by atoms with Crippen LogP contribution in [-0.2, 0) is 5.75 Å². The van der Waals surface area contributed by atoms with Crippen LogP contribution in [0, 0.1) is 13.8 Å². The lowest BCUT2D eigenvalue weighted by molar-refractivity contribution is 0.651. The number of thioether (sulfide) groups is 1. The van der Waals surface area contributed by atoms with Crippen LogP contribution in [0.5, 0.6) is 0 Å². The Labute approximate surface area is 126 Å². The van der Waals surface area contributed by atoms with Crippen LogP contribution in [0.1, 0.15) is 35.2 Å². The summed E-state index contributed by atoms with van der Waals surface area (Å²) >= 11 is 1.92. The van der Waals surface area contributed by atoms with E-state index >= 15 is 0 Å². The molecule has 2 heteroatoms. The molecule has 0 fully saturated rings. The molecule has 0 bridgehead atoms. The average molecular weight is 285 g/mol. The quantitative estimate of drug-likeness (QED) is 0.786. The number of rotatable bonds is 5. The second-order valence-electron chi connectivity index (χ2n) is 5.24. The van der Waals surface area contributed by atoms with E-state index < -0.39 is 0 Å². The normalized spacial score (nSPS) is 12.4. The first-order chi connectivity index (χ1) is 9.61. The monoisotopic (exact) mass is 285 g/mol. The van der Waals surface area contributed by atoms with Crippen molar-refractivity contribution in [2.75, 3.05) is 7.05 Å². The zero-order chi connectivity index (χ0) is 14.5. The van der Waals surface area contributed by atoms with Crippen molar-refractivity contribution in [2.45, 2.75) is 37.5 Å². The van der Waals surface area contributed by atoms with E-state index in [2.05, 4.69) is 68.6 Å². The first-order valence-corrected chi connectivity index (χ1v) is 8.05. The molecule has 0 aliphatic carbocycles. The van der Waals surface area contributed by atoms with Crippen molar-refractivity contribution in [3.8, 4) is 0 Å². The SMILES string of the molecule is CNC(C)c1cccc(SCc2c(C)cccc2C)c1. The standard InChI is InChI=1S/C18H23NS/c1-13-7-5-8-14(2)18(13)12-20-17-10-6-9-16(11-17)15(3)19-4/h5-11,15,19H,12H2,1-4H3. The Morgan fingerprint density at radius 3 is 2.35 bits per heavy atom. The van der Waals surface area contributed by atoms with Gasteiger partial charge in [-0.15, -0.1) is 11.8 Å². The summed E-state index contributed by atoms with van der Waals surface area (Å²) in [5, 5.41) is 3.29. The summed E-state index contributed by atoms with van der Waals surface area (Å²) in [6.07, 6.45) is 0. The number of aryl methyl sites for hydroxylation is 2. The van der Waals surface area contributed by atoms with Crippen LogP contribution in [0.3, 0.4) is 0 Å². The number of benzene rings is 2. The number of nitrogens with one attached hydrogen (secondary N) is 1. The molecule has 2 aromatic rings. The Morgan fingerprint density at radius 1 is 1.05 bits per heavy atom. The van der Waals surface area contributed by atoms with Gasteiger partial charge in [0.2, 0.25) is 0 Å². The lowest BCUT2D eigenvalue weighted by Crippen LogP contribution is -2.11. The van der Waals surface area contributed by atoms with Gasteiger partial charge in [0.25, 0.3) is 0 Å². The van der Waals surface area contributed by atoms with Crippen LogP contribution in [0.25, 0.3) is 0 Å². The highest BCUT2D eigenvalue weighted by atomic mass is 32.2. The van der Waals surface area contributed by atoms with E-state index in [-0.39, 0.29) is 0 Å². The predicted molar refractivity (Wildman–Crippen MR) is 89.4 cm³/mol. The van der Waals surface area contributed by atoms with E-state index in [1.165, 1.54) is 27.1 Å². The Morgan fingerprint density at radius 2 is 1.70 bits per heavy atom. The minimum Gasteiger partial charge on any atom is -0.313 e. The van der Waals surface area contributed by atoms with Crippen LogP contribution in [-0.4, -0.2) is 7.05 Å². The molecule has 106 valence electrons. The third-order valence-corrected chi connectivity index (χ3v) is 4.84. The molecule has 0 heterocycles. The third kappa shape index (κ3) is 3.65. The molecular weight excluding hydrogens is 262 g/mol. The first-order valence-electron chi connectivity index (χ1n) is 7.07. The summed E-state index contributed by atoms with van der Waals surface area (Å²) in [4.78, 5) is 1.34. The van der Waals surface area contributed by atoms with Crippen molar-refractivity contribution >= 4 is 11.8 Å².